The van der Waals surface area contributed by atoms with Crippen LogP contribution in [-0.4, -0.2) is 36.4 Å². The van der Waals surface area contributed by atoms with Crippen LogP contribution in [-0.2, 0) is 9.47 Å². The van der Waals surface area contributed by atoms with Crippen LogP contribution in [0.1, 0.15) is 20.7 Å². The molecule has 0 spiro atoms. The SMILES string of the molecule is O=C(O)c1cccc(-c2ccccc2)c1C(=O)OCC1CO1. The van der Waals surface area contributed by atoms with Gasteiger partial charge in [-0.2, -0.15) is 0 Å². The normalized spacial score (nSPS) is 16.1. The lowest BCUT2D eigenvalue weighted by Crippen LogP contribution is -2.15. The average molecular weight is 298 g/mol. The van der Waals surface area contributed by atoms with E-state index in [0.29, 0.717) is 12.2 Å². The maximum atomic E-state index is 12.4. The van der Waals surface area contributed by atoms with Gasteiger partial charge in [0.15, 0.2) is 0 Å². The quantitative estimate of drug-likeness (QED) is 0.678. The molecule has 0 amide bonds. The molecule has 0 bridgehead atoms. The number of esters is 1. The lowest BCUT2D eigenvalue weighted by Gasteiger charge is -2.12. The van der Waals surface area contributed by atoms with Crippen molar-refractivity contribution in [3.63, 3.8) is 0 Å². The van der Waals surface area contributed by atoms with Crippen LogP contribution in [0.15, 0.2) is 48.5 Å². The molecule has 0 aliphatic carbocycles. The van der Waals surface area contributed by atoms with Crippen LogP contribution in [0, 0.1) is 0 Å². The van der Waals surface area contributed by atoms with Gasteiger partial charge >= 0.3 is 11.9 Å². The molecule has 112 valence electrons. The molecule has 1 saturated heterocycles. The second kappa shape index (κ2) is 5.99. The highest BCUT2D eigenvalue weighted by atomic mass is 16.6. The van der Waals surface area contributed by atoms with Crippen LogP contribution in [0.3, 0.4) is 0 Å². The Hall–Kier alpha value is -2.66. The molecule has 1 aliphatic heterocycles. The lowest BCUT2D eigenvalue weighted by molar-refractivity contribution is 0.0468. The van der Waals surface area contributed by atoms with Crippen molar-refractivity contribution >= 4 is 11.9 Å². The molecule has 2 aromatic carbocycles. The van der Waals surface area contributed by atoms with E-state index in [9.17, 15) is 14.7 Å². The number of aromatic carboxylic acids is 1. The summed E-state index contributed by atoms with van der Waals surface area (Å²) in [5.74, 6) is -1.81. The van der Waals surface area contributed by atoms with E-state index in [4.69, 9.17) is 9.47 Å². The van der Waals surface area contributed by atoms with Crippen molar-refractivity contribution in [3.05, 3.63) is 59.7 Å². The molecule has 5 heteroatoms. The Morgan fingerprint density at radius 3 is 2.50 bits per heavy atom. The number of carboxylic acid groups (broad SMARTS) is 1. The summed E-state index contributed by atoms with van der Waals surface area (Å²) >= 11 is 0. The number of benzene rings is 2. The summed E-state index contributed by atoms with van der Waals surface area (Å²) < 4.78 is 10.2. The minimum atomic E-state index is -1.16. The molecule has 1 heterocycles. The zero-order valence-corrected chi connectivity index (χ0v) is 11.7. The van der Waals surface area contributed by atoms with Crippen LogP contribution >= 0.6 is 0 Å². The van der Waals surface area contributed by atoms with Gasteiger partial charge in [0.2, 0.25) is 0 Å². The van der Waals surface area contributed by atoms with Gasteiger partial charge in [0, 0.05) is 0 Å². The first-order chi connectivity index (χ1) is 10.7. The average Bonchev–Trinajstić information content (AvgIpc) is 3.37. The predicted octanol–water partition coefficient (Wildman–Crippen LogP) is 2.61. The fourth-order valence-corrected chi connectivity index (χ4v) is 2.21. The summed E-state index contributed by atoms with van der Waals surface area (Å²) in [5.41, 5.74) is 1.31. The molecule has 5 nitrogen and oxygen atoms in total. The highest BCUT2D eigenvalue weighted by Crippen LogP contribution is 2.27. The van der Waals surface area contributed by atoms with Crippen LogP contribution in [0.2, 0.25) is 0 Å². The highest BCUT2D eigenvalue weighted by molar-refractivity contribution is 6.07. The van der Waals surface area contributed by atoms with Crippen LogP contribution < -0.4 is 0 Å². The van der Waals surface area contributed by atoms with Crippen molar-refractivity contribution in [1.82, 2.24) is 0 Å². The number of epoxide rings is 1. The van der Waals surface area contributed by atoms with Gasteiger partial charge in [0.05, 0.1) is 17.7 Å². The number of hydrogen-bond donors (Lipinski definition) is 1. The lowest BCUT2D eigenvalue weighted by atomic mass is 9.95. The molecular formula is C17H14O5. The van der Waals surface area contributed by atoms with Gasteiger partial charge in [0.1, 0.15) is 12.7 Å². The number of ether oxygens (including phenoxy) is 2. The van der Waals surface area contributed by atoms with E-state index in [1.807, 2.05) is 30.3 Å². The summed E-state index contributed by atoms with van der Waals surface area (Å²) in [4.78, 5) is 23.8. The molecule has 0 saturated carbocycles. The van der Waals surface area contributed by atoms with Crippen molar-refractivity contribution in [2.75, 3.05) is 13.2 Å². The number of carboxylic acids is 1. The number of rotatable bonds is 5. The molecule has 22 heavy (non-hydrogen) atoms. The van der Waals surface area contributed by atoms with Crippen LogP contribution in [0.5, 0.6) is 0 Å². The smallest absolute Gasteiger partial charge is 0.339 e. The largest absolute Gasteiger partial charge is 0.478 e. The molecule has 2 aromatic rings. The molecule has 3 rings (SSSR count). The molecule has 1 atom stereocenters. The Morgan fingerprint density at radius 1 is 1.14 bits per heavy atom. The summed E-state index contributed by atoms with van der Waals surface area (Å²) in [6, 6.07) is 13.9. The molecule has 1 N–H and O–H groups in total. The molecule has 0 radical (unpaired) electrons. The monoisotopic (exact) mass is 298 g/mol. The first-order valence-electron chi connectivity index (χ1n) is 6.87. The third kappa shape index (κ3) is 2.99. The van der Waals surface area contributed by atoms with Gasteiger partial charge in [-0.05, 0) is 17.2 Å². The topological polar surface area (TPSA) is 76.1 Å². The molecule has 1 unspecified atom stereocenters. The van der Waals surface area contributed by atoms with Crippen molar-refractivity contribution in [2.45, 2.75) is 6.10 Å². The molecular weight excluding hydrogens is 284 g/mol. The zero-order valence-electron chi connectivity index (χ0n) is 11.7. The highest BCUT2D eigenvalue weighted by Gasteiger charge is 2.27. The van der Waals surface area contributed by atoms with E-state index in [2.05, 4.69) is 0 Å². The van der Waals surface area contributed by atoms with Crippen molar-refractivity contribution < 1.29 is 24.2 Å². The maximum absolute atomic E-state index is 12.4. The Bertz CT molecular complexity index is 704. The Morgan fingerprint density at radius 2 is 1.86 bits per heavy atom. The standard InChI is InChI=1S/C17H14O5/c18-16(19)14-8-4-7-13(11-5-2-1-3-6-11)15(14)17(20)22-10-12-9-21-12/h1-8,12H,9-10H2,(H,18,19). The number of carbonyl (C=O) groups is 2. The maximum Gasteiger partial charge on any atom is 0.339 e. The summed E-state index contributed by atoms with van der Waals surface area (Å²) in [7, 11) is 0. The molecule has 1 aliphatic rings. The fourth-order valence-electron chi connectivity index (χ4n) is 2.21. The zero-order chi connectivity index (χ0) is 15.5. The first-order valence-corrected chi connectivity index (χ1v) is 6.87. The third-order valence-corrected chi connectivity index (χ3v) is 3.39. The minimum Gasteiger partial charge on any atom is -0.478 e. The summed E-state index contributed by atoms with van der Waals surface area (Å²) in [6.45, 7) is 0.709. The Labute approximate surface area is 127 Å². The Kier molecular flexibility index (Phi) is 3.89. The van der Waals surface area contributed by atoms with Gasteiger partial charge in [-0.25, -0.2) is 9.59 Å². The van der Waals surface area contributed by atoms with Crippen molar-refractivity contribution in [3.8, 4) is 11.1 Å². The van der Waals surface area contributed by atoms with E-state index in [1.54, 1.807) is 12.1 Å². The predicted molar refractivity (Wildman–Crippen MR) is 78.9 cm³/mol. The van der Waals surface area contributed by atoms with Crippen LogP contribution in [0.25, 0.3) is 11.1 Å². The van der Waals surface area contributed by atoms with Crippen LogP contribution in [0.4, 0.5) is 0 Å². The minimum absolute atomic E-state index is 0.0666. The van der Waals surface area contributed by atoms with Crippen molar-refractivity contribution in [2.24, 2.45) is 0 Å². The van der Waals surface area contributed by atoms with Gasteiger partial charge in [-0.3, -0.25) is 0 Å². The Balaban J connectivity index is 2.03. The van der Waals surface area contributed by atoms with E-state index in [0.717, 1.165) is 5.56 Å². The third-order valence-electron chi connectivity index (χ3n) is 3.39. The van der Waals surface area contributed by atoms with E-state index < -0.39 is 11.9 Å². The molecule has 1 fully saturated rings. The number of hydrogen-bond acceptors (Lipinski definition) is 4. The summed E-state index contributed by atoms with van der Waals surface area (Å²) in [5, 5.41) is 9.34. The van der Waals surface area contributed by atoms with E-state index in [-0.39, 0.29) is 23.8 Å². The fraction of sp³-hybridized carbons (Fsp3) is 0.176. The first kappa shape index (κ1) is 14.3. The molecule has 0 aromatic heterocycles. The second-order valence-electron chi connectivity index (χ2n) is 4.95. The van der Waals surface area contributed by atoms with E-state index in [1.165, 1.54) is 6.07 Å². The summed E-state index contributed by atoms with van der Waals surface area (Å²) in [6.07, 6.45) is -0.0684. The van der Waals surface area contributed by atoms with Gasteiger partial charge < -0.3 is 14.6 Å². The van der Waals surface area contributed by atoms with Gasteiger partial charge in [-0.1, -0.05) is 42.5 Å². The van der Waals surface area contributed by atoms with E-state index >= 15 is 0 Å². The van der Waals surface area contributed by atoms with Gasteiger partial charge in [-0.15, -0.1) is 0 Å². The van der Waals surface area contributed by atoms with Crippen molar-refractivity contribution in [1.29, 1.82) is 0 Å². The second-order valence-corrected chi connectivity index (χ2v) is 4.95. The number of carbonyl (C=O) groups excluding carboxylic acids is 1. The van der Waals surface area contributed by atoms with Gasteiger partial charge in [0.25, 0.3) is 0 Å².